The van der Waals surface area contributed by atoms with Crippen molar-refractivity contribution in [3.05, 3.63) is 0 Å². The number of nitrogens with zero attached hydrogens (tertiary/aromatic N) is 1. The van der Waals surface area contributed by atoms with Crippen molar-refractivity contribution < 1.29 is 19.1 Å². The zero-order chi connectivity index (χ0) is 26.2. The van der Waals surface area contributed by atoms with Crippen molar-refractivity contribution in [2.75, 3.05) is 0 Å². The Morgan fingerprint density at radius 1 is 1.08 bits per heavy atom. The van der Waals surface area contributed by atoms with Crippen LogP contribution >= 0.6 is 0 Å². The first kappa shape index (κ1) is 24.6. The average molecular weight is 510 g/mol. The molecular formula is C32H47NO4. The second kappa shape index (κ2) is 7.42. The van der Waals surface area contributed by atoms with E-state index in [9.17, 15) is 9.59 Å². The molecule has 5 heteroatoms. The van der Waals surface area contributed by atoms with Crippen LogP contribution in [0.3, 0.4) is 0 Å². The number of hydrogen-bond acceptors (Lipinski definition) is 5. The number of hydrogen-bond donors (Lipinski definition) is 0. The first-order valence-corrected chi connectivity index (χ1v) is 15.4. The number of carbonyl (C=O) groups is 2. The smallest absolute Gasteiger partial charge is 0.316 e. The summed E-state index contributed by atoms with van der Waals surface area (Å²) in [5, 5.41) is 0. The van der Waals surface area contributed by atoms with Gasteiger partial charge in [-0.05, 0) is 113 Å². The number of carbonyl (C=O) groups excluding carboxylic acids is 2. The molecule has 1 spiro atoms. The van der Waals surface area contributed by atoms with Crippen LogP contribution in [0.2, 0.25) is 0 Å². The van der Waals surface area contributed by atoms with Gasteiger partial charge < -0.3 is 9.47 Å². The fourth-order valence-corrected chi connectivity index (χ4v) is 12.5. The van der Waals surface area contributed by atoms with Gasteiger partial charge in [-0.3, -0.25) is 14.6 Å². The Hall–Kier alpha value is -1.39. The molecule has 8 bridgehead atoms. The Morgan fingerprint density at radius 2 is 1.86 bits per heavy atom. The maximum Gasteiger partial charge on any atom is 0.316 e. The third-order valence-corrected chi connectivity index (χ3v) is 14.0. The summed E-state index contributed by atoms with van der Waals surface area (Å²) in [6.07, 6.45) is 12.6. The van der Waals surface area contributed by atoms with Gasteiger partial charge in [-0.25, -0.2) is 0 Å². The van der Waals surface area contributed by atoms with Crippen LogP contribution in [-0.4, -0.2) is 35.4 Å². The summed E-state index contributed by atoms with van der Waals surface area (Å²) in [5.74, 6) is 2.29. The van der Waals surface area contributed by atoms with E-state index in [1.165, 1.54) is 51.9 Å². The molecule has 0 aromatic heterocycles. The molecule has 5 nitrogen and oxygen atoms in total. The summed E-state index contributed by atoms with van der Waals surface area (Å²) in [7, 11) is 0. The van der Waals surface area contributed by atoms with Crippen LogP contribution in [0, 0.1) is 51.2 Å². The summed E-state index contributed by atoms with van der Waals surface area (Å²) >= 11 is 0. The van der Waals surface area contributed by atoms with Gasteiger partial charge in [-0.2, -0.15) is 0 Å². The lowest BCUT2D eigenvalue weighted by Gasteiger charge is -2.71. The zero-order valence-electron chi connectivity index (χ0n) is 23.9. The fraction of sp³-hybridized carbons (Fsp3) is 0.906. The number of rotatable bonds is 5. The first-order valence-electron chi connectivity index (χ1n) is 15.4. The molecule has 37 heavy (non-hydrogen) atoms. The van der Waals surface area contributed by atoms with Crippen molar-refractivity contribution in [2.24, 2.45) is 56.2 Å². The minimum atomic E-state index is -0.761. The number of aliphatic imine (C=N–C) groups is 1. The Labute approximate surface area is 222 Å². The van der Waals surface area contributed by atoms with E-state index < -0.39 is 11.0 Å². The standard InChI is InChI=1S/C32H47NO4/c1-18(2)20-9-14-28(4)21-10-16-31-13-7-8-23(31)32(28,25(20)33-26(21)31)17-11-22-29(5)15-12-24(36-19(3)34)30(22,6)27(35)37-29/h18,20-24,26H,7-17H2,1-6H3/t20-,21?,22?,23-,24?,26?,28?,29?,30?,31-,32?/m1/s1. The van der Waals surface area contributed by atoms with Crippen LogP contribution in [0.15, 0.2) is 4.99 Å². The molecule has 5 saturated carbocycles. The normalized spacial score (nSPS) is 54.8. The molecule has 204 valence electrons. The molecule has 3 heterocycles. The summed E-state index contributed by atoms with van der Waals surface area (Å²) < 4.78 is 12.0. The van der Waals surface area contributed by atoms with E-state index >= 15 is 0 Å². The minimum Gasteiger partial charge on any atom is -0.461 e. The third-order valence-electron chi connectivity index (χ3n) is 14.0. The monoisotopic (exact) mass is 509 g/mol. The molecule has 0 aromatic rings. The molecule has 0 amide bonds. The van der Waals surface area contributed by atoms with Crippen LogP contribution in [0.4, 0.5) is 0 Å². The van der Waals surface area contributed by atoms with Gasteiger partial charge in [0.2, 0.25) is 0 Å². The van der Waals surface area contributed by atoms with E-state index in [4.69, 9.17) is 14.5 Å². The van der Waals surface area contributed by atoms with E-state index in [2.05, 4.69) is 27.7 Å². The highest BCUT2D eigenvalue weighted by atomic mass is 16.6. The van der Waals surface area contributed by atoms with Crippen LogP contribution < -0.4 is 0 Å². The molecule has 3 aliphatic heterocycles. The lowest BCUT2D eigenvalue weighted by molar-refractivity contribution is -0.165. The summed E-state index contributed by atoms with van der Waals surface area (Å²) in [5.41, 5.74) is 1.25. The molecule has 8 aliphatic rings. The summed E-state index contributed by atoms with van der Waals surface area (Å²) in [4.78, 5) is 31.3. The van der Waals surface area contributed by atoms with Gasteiger partial charge >= 0.3 is 11.9 Å². The minimum absolute atomic E-state index is 0.0667. The second-order valence-corrected chi connectivity index (χ2v) is 15.3. The van der Waals surface area contributed by atoms with Crippen LogP contribution in [0.25, 0.3) is 0 Å². The van der Waals surface area contributed by atoms with E-state index in [0.29, 0.717) is 35.1 Å². The maximum absolute atomic E-state index is 13.5. The predicted molar refractivity (Wildman–Crippen MR) is 142 cm³/mol. The largest absolute Gasteiger partial charge is 0.461 e. The van der Waals surface area contributed by atoms with Crippen LogP contribution in [0.1, 0.15) is 112 Å². The van der Waals surface area contributed by atoms with Gasteiger partial charge in [0.05, 0.1) is 6.04 Å². The van der Waals surface area contributed by atoms with E-state index in [1.54, 1.807) is 5.71 Å². The molecule has 0 aromatic carbocycles. The number of esters is 2. The lowest BCUT2D eigenvalue weighted by Crippen LogP contribution is -2.71. The maximum atomic E-state index is 13.5. The second-order valence-electron chi connectivity index (χ2n) is 15.3. The predicted octanol–water partition coefficient (Wildman–Crippen LogP) is 6.52. The Bertz CT molecular complexity index is 1080. The summed E-state index contributed by atoms with van der Waals surface area (Å²) in [6, 6.07) is 0.558. The first-order chi connectivity index (χ1) is 17.4. The van der Waals surface area contributed by atoms with Crippen molar-refractivity contribution in [3.8, 4) is 0 Å². The highest BCUT2D eigenvalue weighted by molar-refractivity contribution is 5.96. The van der Waals surface area contributed by atoms with Gasteiger partial charge in [0.1, 0.15) is 17.1 Å². The van der Waals surface area contributed by atoms with Crippen molar-refractivity contribution in [3.63, 3.8) is 0 Å². The summed E-state index contributed by atoms with van der Waals surface area (Å²) in [6.45, 7) is 13.1. The van der Waals surface area contributed by atoms with Gasteiger partial charge in [0.15, 0.2) is 0 Å². The van der Waals surface area contributed by atoms with Gasteiger partial charge in [-0.1, -0.05) is 27.2 Å². The molecule has 1 saturated heterocycles. The lowest BCUT2D eigenvalue weighted by atomic mass is 9.35. The van der Waals surface area contributed by atoms with E-state index in [1.807, 2.05) is 6.92 Å². The van der Waals surface area contributed by atoms with Crippen molar-refractivity contribution in [1.29, 1.82) is 0 Å². The molecular weight excluding hydrogens is 462 g/mol. The SMILES string of the molecule is CC(=O)OC1CCC2(C)OC(=O)C1(C)C2CCC12C3=NC4C(CC[C@@]45CCC[C@@H]15)C2(C)CC[C@@H]3C(C)C. The van der Waals surface area contributed by atoms with E-state index in [-0.39, 0.29) is 29.4 Å². The molecule has 0 radical (unpaired) electrons. The average Bonchev–Trinajstić information content (AvgIpc) is 3.44. The number of ether oxygens (including phenoxy) is 2. The van der Waals surface area contributed by atoms with Crippen molar-refractivity contribution in [1.82, 2.24) is 0 Å². The Balaban J connectivity index is 1.32. The third kappa shape index (κ3) is 2.66. The van der Waals surface area contributed by atoms with Gasteiger partial charge in [-0.15, -0.1) is 0 Å². The fourth-order valence-electron chi connectivity index (χ4n) is 12.5. The van der Waals surface area contributed by atoms with Crippen molar-refractivity contribution >= 4 is 17.7 Å². The van der Waals surface area contributed by atoms with Crippen molar-refractivity contribution in [2.45, 2.75) is 130 Å². The molecule has 8 rings (SSSR count). The topological polar surface area (TPSA) is 65.0 Å². The number of fused-ring (bicyclic) bond motifs is 2. The molecule has 11 atom stereocenters. The zero-order valence-corrected chi connectivity index (χ0v) is 23.9. The van der Waals surface area contributed by atoms with E-state index in [0.717, 1.165) is 31.1 Å². The van der Waals surface area contributed by atoms with Gasteiger partial charge in [0.25, 0.3) is 0 Å². The molecule has 6 fully saturated rings. The Morgan fingerprint density at radius 3 is 2.59 bits per heavy atom. The molecule has 5 aliphatic carbocycles. The quantitative estimate of drug-likeness (QED) is 0.396. The van der Waals surface area contributed by atoms with Crippen LogP contribution in [-0.2, 0) is 19.1 Å². The molecule has 0 N–H and O–H groups in total. The van der Waals surface area contributed by atoms with Crippen LogP contribution in [0.5, 0.6) is 0 Å². The highest BCUT2D eigenvalue weighted by Crippen LogP contribution is 2.81. The molecule has 8 unspecified atom stereocenters. The Kier molecular flexibility index (Phi) is 4.94. The van der Waals surface area contributed by atoms with Gasteiger partial charge in [0, 0.05) is 24.0 Å². The highest BCUT2D eigenvalue weighted by Gasteiger charge is 2.79.